The normalized spacial score (nSPS) is 13.9. The minimum atomic E-state index is -0.144. The Morgan fingerprint density at radius 3 is 1.35 bits per heavy atom. The fraction of sp³-hybridized carbons (Fsp3) is 0.250. The van der Waals surface area contributed by atoms with Crippen molar-refractivity contribution < 1.29 is 20.4 Å². The molecule has 106 valence electrons. The molecule has 0 saturated heterocycles. The van der Waals surface area contributed by atoms with Crippen molar-refractivity contribution in [2.45, 2.75) is 25.7 Å². The fourth-order valence-electron chi connectivity index (χ4n) is 2.35. The number of rotatable bonds is 3. The first kappa shape index (κ1) is 14.1. The van der Waals surface area contributed by atoms with E-state index in [0.29, 0.717) is 11.1 Å². The fourth-order valence-corrected chi connectivity index (χ4v) is 2.35. The van der Waals surface area contributed by atoms with Gasteiger partial charge in [0, 0.05) is 11.1 Å². The number of hydrogen-bond donors (Lipinski definition) is 4. The summed E-state index contributed by atoms with van der Waals surface area (Å²) in [6.45, 7) is 3.78. The summed E-state index contributed by atoms with van der Waals surface area (Å²) in [6.07, 6.45) is 0. The molecule has 2 aromatic carbocycles. The van der Waals surface area contributed by atoms with Crippen molar-refractivity contribution >= 4 is 0 Å². The van der Waals surface area contributed by atoms with Gasteiger partial charge in [-0.25, -0.2) is 0 Å². The average molecular weight is 274 g/mol. The van der Waals surface area contributed by atoms with Crippen LogP contribution in [0.3, 0.4) is 0 Å². The molecular formula is C16H18O4. The van der Waals surface area contributed by atoms with E-state index in [-0.39, 0.29) is 34.8 Å². The van der Waals surface area contributed by atoms with Gasteiger partial charge in [0.05, 0.1) is 0 Å². The second kappa shape index (κ2) is 5.33. The molecule has 4 nitrogen and oxygen atoms in total. The Balaban J connectivity index is 2.39. The average Bonchev–Trinajstić information content (AvgIpc) is 2.42. The van der Waals surface area contributed by atoms with Gasteiger partial charge in [0.25, 0.3) is 0 Å². The van der Waals surface area contributed by atoms with Gasteiger partial charge in [-0.05, 0) is 48.2 Å². The van der Waals surface area contributed by atoms with Crippen LogP contribution in [0.5, 0.6) is 23.0 Å². The minimum absolute atomic E-state index is 0.0805. The number of aromatic hydroxyl groups is 4. The Bertz CT molecular complexity index is 566. The standard InChI is InChI=1S/C16H18O4/c1-9(13-7-11(17)3-5-15(13)19)10(2)14-8-12(18)4-6-16(14)20/h3-10,17-20H,1-2H3/t9-,10-/m1/s1. The Labute approximate surface area is 117 Å². The van der Waals surface area contributed by atoms with Gasteiger partial charge in [0.15, 0.2) is 0 Å². The molecule has 0 aliphatic carbocycles. The lowest BCUT2D eigenvalue weighted by molar-refractivity contribution is 0.433. The van der Waals surface area contributed by atoms with Gasteiger partial charge < -0.3 is 20.4 Å². The molecule has 0 aliphatic rings. The summed E-state index contributed by atoms with van der Waals surface area (Å²) in [4.78, 5) is 0. The molecule has 4 N–H and O–H groups in total. The number of phenolic OH excluding ortho intramolecular Hbond substituents is 4. The molecule has 0 spiro atoms. The van der Waals surface area contributed by atoms with E-state index >= 15 is 0 Å². The Kier molecular flexibility index (Phi) is 3.74. The molecule has 0 aromatic heterocycles. The van der Waals surface area contributed by atoms with Gasteiger partial charge in [0.2, 0.25) is 0 Å². The molecule has 0 unspecified atom stereocenters. The van der Waals surface area contributed by atoms with Crippen LogP contribution in [0.1, 0.15) is 36.8 Å². The van der Waals surface area contributed by atoms with E-state index in [1.807, 2.05) is 13.8 Å². The van der Waals surface area contributed by atoms with E-state index in [9.17, 15) is 20.4 Å². The number of phenols is 4. The largest absolute Gasteiger partial charge is 0.508 e. The maximum absolute atomic E-state index is 9.90. The van der Waals surface area contributed by atoms with Crippen molar-refractivity contribution in [1.29, 1.82) is 0 Å². The van der Waals surface area contributed by atoms with Crippen LogP contribution >= 0.6 is 0 Å². The molecule has 0 radical (unpaired) electrons. The number of hydrogen-bond acceptors (Lipinski definition) is 4. The second-order valence-corrected chi connectivity index (χ2v) is 5.06. The Morgan fingerprint density at radius 2 is 1.00 bits per heavy atom. The monoisotopic (exact) mass is 274 g/mol. The lowest BCUT2D eigenvalue weighted by atomic mass is 9.83. The van der Waals surface area contributed by atoms with Gasteiger partial charge in [-0.15, -0.1) is 0 Å². The highest BCUT2D eigenvalue weighted by atomic mass is 16.3. The molecule has 20 heavy (non-hydrogen) atoms. The SMILES string of the molecule is C[C@@H](c1cc(O)ccc1O)[C@@H](C)c1cc(O)ccc1O. The Morgan fingerprint density at radius 1 is 0.650 bits per heavy atom. The zero-order valence-corrected chi connectivity index (χ0v) is 11.4. The van der Waals surface area contributed by atoms with Gasteiger partial charge in [-0.2, -0.15) is 0 Å². The molecule has 0 fully saturated rings. The van der Waals surface area contributed by atoms with Crippen LogP contribution < -0.4 is 0 Å². The van der Waals surface area contributed by atoms with Crippen LogP contribution in [0.15, 0.2) is 36.4 Å². The third-order valence-corrected chi connectivity index (χ3v) is 3.75. The van der Waals surface area contributed by atoms with E-state index in [1.165, 1.54) is 36.4 Å². The van der Waals surface area contributed by atoms with Crippen LogP contribution in [0.4, 0.5) is 0 Å². The molecular weight excluding hydrogens is 256 g/mol. The minimum Gasteiger partial charge on any atom is -0.508 e. The first-order valence-corrected chi connectivity index (χ1v) is 6.44. The lowest BCUT2D eigenvalue weighted by Gasteiger charge is -2.22. The van der Waals surface area contributed by atoms with Gasteiger partial charge in [-0.1, -0.05) is 13.8 Å². The summed E-state index contributed by atoms with van der Waals surface area (Å²) in [5, 5.41) is 38.9. The van der Waals surface area contributed by atoms with Crippen LogP contribution in [0.25, 0.3) is 0 Å². The summed E-state index contributed by atoms with van der Waals surface area (Å²) in [7, 11) is 0. The first-order valence-electron chi connectivity index (χ1n) is 6.44. The zero-order chi connectivity index (χ0) is 14.9. The van der Waals surface area contributed by atoms with Gasteiger partial charge in [-0.3, -0.25) is 0 Å². The summed E-state index contributed by atoms with van der Waals surface area (Å²) < 4.78 is 0. The zero-order valence-electron chi connectivity index (χ0n) is 11.4. The van der Waals surface area contributed by atoms with Crippen molar-refractivity contribution in [2.24, 2.45) is 0 Å². The molecule has 2 rings (SSSR count). The highest BCUT2D eigenvalue weighted by Crippen LogP contribution is 2.41. The predicted molar refractivity (Wildman–Crippen MR) is 76.4 cm³/mol. The molecule has 0 amide bonds. The molecule has 4 heteroatoms. The maximum atomic E-state index is 9.90. The van der Waals surface area contributed by atoms with E-state index in [2.05, 4.69) is 0 Å². The van der Waals surface area contributed by atoms with E-state index in [0.717, 1.165) is 0 Å². The highest BCUT2D eigenvalue weighted by molar-refractivity contribution is 5.46. The summed E-state index contributed by atoms with van der Waals surface area (Å²) >= 11 is 0. The summed E-state index contributed by atoms with van der Waals surface area (Å²) in [5.74, 6) is 0.0714. The lowest BCUT2D eigenvalue weighted by Crippen LogP contribution is -2.05. The third kappa shape index (κ3) is 2.64. The Hall–Kier alpha value is -2.36. The van der Waals surface area contributed by atoms with Crippen molar-refractivity contribution in [3.8, 4) is 23.0 Å². The third-order valence-electron chi connectivity index (χ3n) is 3.75. The summed E-state index contributed by atoms with van der Waals surface area (Å²) in [5.41, 5.74) is 1.19. The van der Waals surface area contributed by atoms with Crippen LogP contribution in [-0.2, 0) is 0 Å². The van der Waals surface area contributed by atoms with Crippen LogP contribution in [-0.4, -0.2) is 20.4 Å². The molecule has 0 bridgehead atoms. The molecule has 0 aliphatic heterocycles. The van der Waals surface area contributed by atoms with Gasteiger partial charge >= 0.3 is 0 Å². The van der Waals surface area contributed by atoms with Crippen LogP contribution in [0.2, 0.25) is 0 Å². The predicted octanol–water partition coefficient (Wildman–Crippen LogP) is 3.42. The molecule has 0 saturated carbocycles. The quantitative estimate of drug-likeness (QED) is 0.646. The van der Waals surface area contributed by atoms with Gasteiger partial charge in [0.1, 0.15) is 23.0 Å². The van der Waals surface area contributed by atoms with E-state index < -0.39 is 0 Å². The van der Waals surface area contributed by atoms with E-state index in [4.69, 9.17) is 0 Å². The highest BCUT2D eigenvalue weighted by Gasteiger charge is 2.22. The van der Waals surface area contributed by atoms with Crippen molar-refractivity contribution in [3.05, 3.63) is 47.5 Å². The second-order valence-electron chi connectivity index (χ2n) is 5.06. The maximum Gasteiger partial charge on any atom is 0.119 e. The molecule has 2 aromatic rings. The molecule has 0 heterocycles. The van der Waals surface area contributed by atoms with E-state index in [1.54, 1.807) is 0 Å². The van der Waals surface area contributed by atoms with Crippen LogP contribution in [0, 0.1) is 0 Å². The molecule has 2 atom stereocenters. The van der Waals surface area contributed by atoms with Crippen molar-refractivity contribution in [3.63, 3.8) is 0 Å². The summed E-state index contributed by atoms with van der Waals surface area (Å²) in [6, 6.07) is 8.74. The smallest absolute Gasteiger partial charge is 0.119 e. The van der Waals surface area contributed by atoms with Crippen molar-refractivity contribution in [2.75, 3.05) is 0 Å². The topological polar surface area (TPSA) is 80.9 Å². The number of benzene rings is 2. The first-order chi connectivity index (χ1) is 9.40. The van der Waals surface area contributed by atoms with Crippen molar-refractivity contribution in [1.82, 2.24) is 0 Å².